The van der Waals surface area contributed by atoms with Gasteiger partial charge < -0.3 is 11.1 Å². The maximum Gasteiger partial charge on any atom is 0.258 e. The lowest BCUT2D eigenvalue weighted by Crippen LogP contribution is -2.17. The largest absolute Gasteiger partial charge is 0.397 e. The predicted molar refractivity (Wildman–Crippen MR) is 65.0 cm³/mol. The zero-order valence-electron chi connectivity index (χ0n) is 10.2. The standard InChI is InChI=1S/C13H7F5N2O/c14-5-3-8(16)12(9(19)4-5)20-13(21)6-1-2-7(15)11(18)10(6)17/h1-4H,19H2,(H,20,21). The average Bonchev–Trinajstić information content (AvgIpc) is 2.40. The SMILES string of the molecule is Nc1cc(F)cc(F)c1NC(=O)c1ccc(F)c(F)c1F. The molecule has 0 aliphatic carbocycles. The van der Waals surface area contributed by atoms with Gasteiger partial charge in [0.1, 0.15) is 11.5 Å². The van der Waals surface area contributed by atoms with E-state index in [2.05, 4.69) is 0 Å². The van der Waals surface area contributed by atoms with Crippen LogP contribution in [0.25, 0.3) is 0 Å². The van der Waals surface area contributed by atoms with E-state index in [1.807, 2.05) is 5.32 Å². The van der Waals surface area contributed by atoms with E-state index in [4.69, 9.17) is 5.73 Å². The summed E-state index contributed by atoms with van der Waals surface area (Å²) in [5.74, 6) is -8.46. The molecular weight excluding hydrogens is 295 g/mol. The summed E-state index contributed by atoms with van der Waals surface area (Å²) < 4.78 is 65.5. The van der Waals surface area contributed by atoms with Crippen LogP contribution in [0.2, 0.25) is 0 Å². The molecule has 2 rings (SSSR count). The molecule has 0 atom stereocenters. The summed E-state index contributed by atoms with van der Waals surface area (Å²) in [5.41, 5.74) is 3.44. The molecule has 0 saturated heterocycles. The van der Waals surface area contributed by atoms with Crippen LogP contribution in [-0.2, 0) is 0 Å². The average molecular weight is 302 g/mol. The number of carbonyl (C=O) groups is 1. The van der Waals surface area contributed by atoms with Crippen molar-refractivity contribution in [3.8, 4) is 0 Å². The lowest BCUT2D eigenvalue weighted by Gasteiger charge is -2.10. The van der Waals surface area contributed by atoms with Crippen LogP contribution in [0.5, 0.6) is 0 Å². The molecule has 0 unspecified atom stereocenters. The Balaban J connectivity index is 2.38. The van der Waals surface area contributed by atoms with Gasteiger partial charge in [-0.3, -0.25) is 4.79 Å². The normalized spacial score (nSPS) is 10.5. The number of anilines is 2. The molecule has 21 heavy (non-hydrogen) atoms. The summed E-state index contributed by atoms with van der Waals surface area (Å²) in [6, 6.07) is 2.41. The maximum atomic E-state index is 13.5. The van der Waals surface area contributed by atoms with Crippen molar-refractivity contribution >= 4 is 17.3 Å². The zero-order valence-corrected chi connectivity index (χ0v) is 10.2. The molecule has 2 aromatic rings. The van der Waals surface area contributed by atoms with Gasteiger partial charge in [-0.05, 0) is 18.2 Å². The number of nitrogens with one attached hydrogen (secondary N) is 1. The van der Waals surface area contributed by atoms with Gasteiger partial charge in [0.15, 0.2) is 23.3 Å². The lowest BCUT2D eigenvalue weighted by atomic mass is 10.1. The molecule has 110 valence electrons. The first-order valence-corrected chi connectivity index (χ1v) is 5.50. The van der Waals surface area contributed by atoms with E-state index in [0.29, 0.717) is 18.2 Å². The van der Waals surface area contributed by atoms with Crippen LogP contribution in [0.3, 0.4) is 0 Å². The van der Waals surface area contributed by atoms with Crippen LogP contribution >= 0.6 is 0 Å². The highest BCUT2D eigenvalue weighted by atomic mass is 19.2. The second-order valence-corrected chi connectivity index (χ2v) is 4.03. The van der Waals surface area contributed by atoms with Crippen molar-refractivity contribution in [3.63, 3.8) is 0 Å². The Hall–Kier alpha value is -2.64. The molecular formula is C13H7F5N2O. The highest BCUT2D eigenvalue weighted by Crippen LogP contribution is 2.25. The molecule has 0 aromatic heterocycles. The Morgan fingerprint density at radius 1 is 0.952 bits per heavy atom. The van der Waals surface area contributed by atoms with Crippen molar-refractivity contribution in [2.24, 2.45) is 0 Å². The Labute approximate surface area is 115 Å². The minimum absolute atomic E-state index is 0.441. The number of hydrogen-bond donors (Lipinski definition) is 2. The Morgan fingerprint density at radius 3 is 2.24 bits per heavy atom. The number of halogens is 5. The molecule has 3 nitrogen and oxygen atoms in total. The minimum Gasteiger partial charge on any atom is -0.397 e. The number of carbonyl (C=O) groups excluding carboxylic acids is 1. The van der Waals surface area contributed by atoms with E-state index in [9.17, 15) is 26.7 Å². The third-order valence-corrected chi connectivity index (χ3v) is 2.60. The number of benzene rings is 2. The quantitative estimate of drug-likeness (QED) is 0.508. The van der Waals surface area contributed by atoms with Gasteiger partial charge in [-0.25, -0.2) is 22.0 Å². The maximum absolute atomic E-state index is 13.5. The second kappa shape index (κ2) is 5.39. The minimum atomic E-state index is -1.84. The first kappa shape index (κ1) is 14.8. The third-order valence-electron chi connectivity index (χ3n) is 2.60. The van der Waals surface area contributed by atoms with Crippen LogP contribution in [0, 0.1) is 29.1 Å². The first-order valence-electron chi connectivity index (χ1n) is 5.50. The van der Waals surface area contributed by atoms with Crippen LogP contribution in [0.1, 0.15) is 10.4 Å². The Morgan fingerprint density at radius 2 is 1.62 bits per heavy atom. The van der Waals surface area contributed by atoms with Crippen LogP contribution in [0.15, 0.2) is 24.3 Å². The molecule has 1 amide bonds. The van der Waals surface area contributed by atoms with Gasteiger partial charge in [-0.1, -0.05) is 0 Å². The van der Waals surface area contributed by atoms with Crippen molar-refractivity contribution in [2.75, 3.05) is 11.1 Å². The zero-order chi connectivity index (χ0) is 15.7. The monoisotopic (exact) mass is 302 g/mol. The van der Waals surface area contributed by atoms with E-state index in [-0.39, 0.29) is 0 Å². The van der Waals surface area contributed by atoms with E-state index in [1.165, 1.54) is 0 Å². The summed E-state index contributed by atoms with van der Waals surface area (Å²) in [5, 5.41) is 1.87. The van der Waals surface area contributed by atoms with E-state index in [1.54, 1.807) is 0 Å². The van der Waals surface area contributed by atoms with Crippen molar-refractivity contribution in [2.45, 2.75) is 0 Å². The highest BCUT2D eigenvalue weighted by molar-refractivity contribution is 6.06. The molecule has 0 spiro atoms. The van der Waals surface area contributed by atoms with Crippen molar-refractivity contribution < 1.29 is 26.7 Å². The second-order valence-electron chi connectivity index (χ2n) is 4.03. The number of hydrogen-bond acceptors (Lipinski definition) is 2. The fourth-order valence-corrected chi connectivity index (χ4v) is 1.61. The fourth-order valence-electron chi connectivity index (χ4n) is 1.61. The first-order chi connectivity index (χ1) is 9.81. The van der Waals surface area contributed by atoms with Gasteiger partial charge in [-0.2, -0.15) is 0 Å². The van der Waals surface area contributed by atoms with Crippen LogP contribution < -0.4 is 11.1 Å². The number of nitrogen functional groups attached to an aromatic ring is 1. The molecule has 2 aromatic carbocycles. The van der Waals surface area contributed by atoms with Gasteiger partial charge >= 0.3 is 0 Å². The van der Waals surface area contributed by atoms with Crippen LogP contribution in [-0.4, -0.2) is 5.91 Å². The molecule has 8 heteroatoms. The summed E-state index contributed by atoms with van der Waals surface area (Å²) in [4.78, 5) is 11.7. The topological polar surface area (TPSA) is 55.1 Å². The Kier molecular flexibility index (Phi) is 3.79. The summed E-state index contributed by atoms with van der Waals surface area (Å²) in [6.45, 7) is 0. The number of amides is 1. The van der Waals surface area contributed by atoms with E-state index in [0.717, 1.165) is 6.07 Å². The molecule has 0 fully saturated rings. The van der Waals surface area contributed by atoms with Gasteiger partial charge in [0, 0.05) is 6.07 Å². The van der Waals surface area contributed by atoms with Crippen molar-refractivity contribution in [3.05, 3.63) is 58.9 Å². The van der Waals surface area contributed by atoms with Gasteiger partial charge in [0.2, 0.25) is 0 Å². The molecule has 3 N–H and O–H groups in total. The van der Waals surface area contributed by atoms with E-state index < -0.39 is 51.9 Å². The third kappa shape index (κ3) is 2.78. The molecule has 0 aliphatic rings. The smallest absolute Gasteiger partial charge is 0.258 e. The Bertz CT molecular complexity index is 710. The summed E-state index contributed by atoms with van der Waals surface area (Å²) >= 11 is 0. The van der Waals surface area contributed by atoms with Crippen molar-refractivity contribution in [1.29, 1.82) is 0 Å². The molecule has 0 aliphatic heterocycles. The predicted octanol–water partition coefficient (Wildman–Crippen LogP) is 3.22. The number of rotatable bonds is 2. The fraction of sp³-hybridized carbons (Fsp3) is 0. The van der Waals surface area contributed by atoms with Gasteiger partial charge in [0.25, 0.3) is 5.91 Å². The summed E-state index contributed by atoms with van der Waals surface area (Å²) in [7, 11) is 0. The molecule has 0 radical (unpaired) electrons. The van der Waals surface area contributed by atoms with Gasteiger partial charge in [-0.15, -0.1) is 0 Å². The van der Waals surface area contributed by atoms with Gasteiger partial charge in [0.05, 0.1) is 11.3 Å². The highest BCUT2D eigenvalue weighted by Gasteiger charge is 2.20. The lowest BCUT2D eigenvalue weighted by molar-refractivity contribution is 0.102. The van der Waals surface area contributed by atoms with Crippen molar-refractivity contribution in [1.82, 2.24) is 0 Å². The summed E-state index contributed by atoms with van der Waals surface area (Å²) in [6.07, 6.45) is 0. The molecule has 0 bridgehead atoms. The number of nitrogens with two attached hydrogens (primary N) is 1. The van der Waals surface area contributed by atoms with E-state index >= 15 is 0 Å². The molecule has 0 heterocycles. The molecule has 0 saturated carbocycles. The van der Waals surface area contributed by atoms with Crippen LogP contribution in [0.4, 0.5) is 33.3 Å².